The largest absolute Gasteiger partial charge is 0.416 e. The molecule has 0 aromatic heterocycles. The predicted molar refractivity (Wildman–Crippen MR) is 164 cm³/mol. The summed E-state index contributed by atoms with van der Waals surface area (Å²) in [6.07, 6.45) is -7.81. The third kappa shape index (κ3) is 7.11. The number of amides is 1. The molecule has 262 valence electrons. The Bertz CT molecular complexity index is 1670. The highest BCUT2D eigenvalue weighted by Crippen LogP contribution is 2.48. The molecule has 2 heterocycles. The quantitative estimate of drug-likeness (QED) is 0.235. The monoisotopic (exact) mass is 692 g/mol. The summed E-state index contributed by atoms with van der Waals surface area (Å²) in [5.74, 6) is -1.60. The van der Waals surface area contributed by atoms with Gasteiger partial charge in [-0.25, -0.2) is 4.39 Å². The zero-order valence-corrected chi connectivity index (χ0v) is 26.7. The minimum Gasteiger partial charge on any atom is -0.369 e. The van der Waals surface area contributed by atoms with Crippen LogP contribution in [-0.2, 0) is 44.1 Å². The first-order valence-electron chi connectivity index (χ1n) is 16.0. The van der Waals surface area contributed by atoms with Gasteiger partial charge in [-0.15, -0.1) is 0 Å². The maximum Gasteiger partial charge on any atom is 0.416 e. The van der Waals surface area contributed by atoms with Crippen LogP contribution in [0.4, 0.5) is 30.7 Å². The molecule has 49 heavy (non-hydrogen) atoms. The van der Waals surface area contributed by atoms with Crippen molar-refractivity contribution in [1.29, 1.82) is 0 Å². The number of piperidine rings is 1. The summed E-state index contributed by atoms with van der Waals surface area (Å²) in [4.78, 5) is 28.5. The lowest BCUT2D eigenvalue weighted by atomic mass is 9.72. The second-order valence-corrected chi connectivity index (χ2v) is 13.2. The average Bonchev–Trinajstić information content (AvgIpc) is 3.63. The van der Waals surface area contributed by atoms with E-state index in [0.29, 0.717) is 50.2 Å². The van der Waals surface area contributed by atoms with Gasteiger partial charge in [0.1, 0.15) is 24.8 Å². The smallest absolute Gasteiger partial charge is 0.369 e. The number of alkyl halides is 6. The van der Waals surface area contributed by atoms with Crippen LogP contribution in [0, 0.1) is 5.82 Å². The van der Waals surface area contributed by atoms with Crippen molar-refractivity contribution in [2.24, 2.45) is 0 Å². The summed E-state index contributed by atoms with van der Waals surface area (Å²) >= 11 is 0. The Kier molecular flexibility index (Phi) is 9.40. The molecule has 2 aliphatic heterocycles. The van der Waals surface area contributed by atoms with Gasteiger partial charge in [-0.05, 0) is 92.7 Å². The second kappa shape index (κ2) is 13.1. The summed E-state index contributed by atoms with van der Waals surface area (Å²) in [5, 5.41) is 0. The molecular formula is C36H35F7N2O4. The SMILES string of the molecule is CC(=O)CO[C@H]1Cc2ccccc2C12CCN(CC[C@@]1(c3ccc(F)cc3)CN(C(=O)c3cc(C(F)(F)F)cc(C(F)(F)F)c3)CO1)CC2. The van der Waals surface area contributed by atoms with Crippen LogP contribution in [0.15, 0.2) is 66.7 Å². The molecule has 0 bridgehead atoms. The van der Waals surface area contributed by atoms with Crippen molar-refractivity contribution in [1.82, 2.24) is 9.80 Å². The number of likely N-dealkylation sites (tertiary alicyclic amines) is 1. The van der Waals surface area contributed by atoms with Crippen LogP contribution in [0.25, 0.3) is 0 Å². The third-order valence-corrected chi connectivity index (χ3v) is 10.1. The van der Waals surface area contributed by atoms with E-state index in [0.717, 1.165) is 17.7 Å². The van der Waals surface area contributed by atoms with Crippen LogP contribution >= 0.6 is 0 Å². The Morgan fingerprint density at radius 1 is 0.918 bits per heavy atom. The number of fused-ring (bicyclic) bond motifs is 2. The van der Waals surface area contributed by atoms with Crippen LogP contribution in [0.1, 0.15) is 64.4 Å². The first-order valence-corrected chi connectivity index (χ1v) is 16.0. The van der Waals surface area contributed by atoms with E-state index in [1.54, 1.807) is 0 Å². The topological polar surface area (TPSA) is 59.1 Å². The molecule has 2 atom stereocenters. The number of nitrogens with zero attached hydrogens (tertiary/aromatic N) is 2. The number of hydrogen-bond donors (Lipinski definition) is 0. The molecule has 6 rings (SSSR count). The normalized spacial score (nSPS) is 22.4. The fourth-order valence-electron chi connectivity index (χ4n) is 7.51. The van der Waals surface area contributed by atoms with Gasteiger partial charge in [-0.3, -0.25) is 9.59 Å². The number of Topliss-reactive ketones (excluding diaryl/α,β-unsaturated/α-hetero) is 1. The number of rotatable bonds is 8. The van der Waals surface area contributed by atoms with Gasteiger partial charge in [-0.1, -0.05) is 36.4 Å². The zero-order chi connectivity index (χ0) is 35.2. The standard InChI is InChI=1S/C36H35F7N2O4/c1-23(46)20-48-31-18-24-4-2-3-5-30(24)33(31)10-13-44(14-11-33)15-12-34(26-6-8-29(37)9-7-26)21-45(22-49-34)32(47)25-16-27(35(38,39)40)19-28(17-25)36(41,42)43/h2-9,16-17,19,31H,10-15,18,20-22H2,1H3/t31-,34-/m0/s1. The van der Waals surface area contributed by atoms with E-state index in [1.165, 1.54) is 42.3 Å². The molecule has 6 nitrogen and oxygen atoms in total. The number of halogens is 7. The van der Waals surface area contributed by atoms with Crippen LogP contribution < -0.4 is 0 Å². The second-order valence-electron chi connectivity index (χ2n) is 13.2. The molecular weight excluding hydrogens is 657 g/mol. The van der Waals surface area contributed by atoms with Gasteiger partial charge >= 0.3 is 12.4 Å². The van der Waals surface area contributed by atoms with E-state index in [9.17, 15) is 40.3 Å². The number of benzene rings is 3. The predicted octanol–water partition coefficient (Wildman–Crippen LogP) is 7.14. The highest BCUT2D eigenvalue weighted by Gasteiger charge is 2.50. The molecule has 3 aliphatic rings. The van der Waals surface area contributed by atoms with E-state index in [2.05, 4.69) is 17.0 Å². The third-order valence-electron chi connectivity index (χ3n) is 10.1. The van der Waals surface area contributed by atoms with Gasteiger partial charge in [-0.2, -0.15) is 26.3 Å². The molecule has 0 saturated carbocycles. The van der Waals surface area contributed by atoms with E-state index in [1.807, 2.05) is 12.1 Å². The van der Waals surface area contributed by atoms with Gasteiger partial charge in [0.2, 0.25) is 0 Å². The van der Waals surface area contributed by atoms with Crippen molar-refractivity contribution in [2.75, 3.05) is 39.5 Å². The lowest BCUT2D eigenvalue weighted by molar-refractivity contribution is -0.143. The molecule has 2 saturated heterocycles. The molecule has 1 amide bonds. The van der Waals surface area contributed by atoms with Gasteiger partial charge in [0, 0.05) is 17.5 Å². The molecule has 1 spiro atoms. The molecule has 2 fully saturated rings. The van der Waals surface area contributed by atoms with Gasteiger partial charge in [0.25, 0.3) is 5.91 Å². The highest BCUT2D eigenvalue weighted by atomic mass is 19.4. The van der Waals surface area contributed by atoms with Crippen molar-refractivity contribution in [3.05, 3.63) is 106 Å². The van der Waals surface area contributed by atoms with E-state index in [-0.39, 0.29) is 43.3 Å². The Labute approximate surface area is 278 Å². The summed E-state index contributed by atoms with van der Waals surface area (Å²) < 4.78 is 107. The molecule has 0 radical (unpaired) electrons. The Hall–Kier alpha value is -3.81. The number of carbonyl (C=O) groups excluding carboxylic acids is 2. The average molecular weight is 693 g/mol. The fraction of sp³-hybridized carbons (Fsp3) is 0.444. The first kappa shape index (κ1) is 35.0. The van der Waals surface area contributed by atoms with Gasteiger partial charge in [0.15, 0.2) is 5.78 Å². The van der Waals surface area contributed by atoms with E-state index >= 15 is 0 Å². The van der Waals surface area contributed by atoms with Crippen LogP contribution in [0.3, 0.4) is 0 Å². The molecule has 1 aliphatic carbocycles. The Morgan fingerprint density at radius 3 is 2.16 bits per heavy atom. The first-order chi connectivity index (χ1) is 23.1. The van der Waals surface area contributed by atoms with Gasteiger partial charge in [0.05, 0.1) is 23.8 Å². The number of ether oxygens (including phenoxy) is 2. The summed E-state index contributed by atoms with van der Waals surface area (Å²) in [6, 6.07) is 14.5. The van der Waals surface area contributed by atoms with Gasteiger partial charge < -0.3 is 19.3 Å². The lowest BCUT2D eigenvalue weighted by Crippen LogP contribution is -2.49. The minimum atomic E-state index is -5.11. The number of ketones is 1. The van der Waals surface area contributed by atoms with Crippen molar-refractivity contribution < 1.29 is 49.8 Å². The fourth-order valence-corrected chi connectivity index (χ4v) is 7.51. The van der Waals surface area contributed by atoms with Crippen molar-refractivity contribution in [2.45, 2.75) is 62.1 Å². The summed E-state index contributed by atoms with van der Waals surface area (Å²) in [5.41, 5.74) is -2.44. The number of carbonyl (C=O) groups is 2. The Morgan fingerprint density at radius 2 is 1.55 bits per heavy atom. The van der Waals surface area contributed by atoms with Crippen LogP contribution in [0.2, 0.25) is 0 Å². The van der Waals surface area contributed by atoms with Crippen molar-refractivity contribution in [3.8, 4) is 0 Å². The van der Waals surface area contributed by atoms with E-state index < -0.39 is 46.4 Å². The number of hydrogen-bond acceptors (Lipinski definition) is 5. The molecule has 13 heteroatoms. The van der Waals surface area contributed by atoms with Crippen LogP contribution in [0.5, 0.6) is 0 Å². The maximum absolute atomic E-state index is 13.9. The highest BCUT2D eigenvalue weighted by molar-refractivity contribution is 5.95. The summed E-state index contributed by atoms with van der Waals surface area (Å²) in [7, 11) is 0. The maximum atomic E-state index is 13.9. The van der Waals surface area contributed by atoms with E-state index in [4.69, 9.17) is 9.47 Å². The molecule has 0 unspecified atom stereocenters. The zero-order valence-electron chi connectivity index (χ0n) is 26.7. The molecule has 0 N–H and O–H groups in total. The van der Waals surface area contributed by atoms with Crippen LogP contribution in [-0.4, -0.2) is 67.1 Å². The lowest BCUT2D eigenvalue weighted by Gasteiger charge is -2.44. The van der Waals surface area contributed by atoms with Crippen molar-refractivity contribution >= 4 is 11.7 Å². The Balaban J connectivity index is 1.20. The summed E-state index contributed by atoms with van der Waals surface area (Å²) in [6.45, 7) is 2.83. The molecule has 3 aromatic carbocycles. The van der Waals surface area contributed by atoms with Crippen molar-refractivity contribution in [3.63, 3.8) is 0 Å². The minimum absolute atomic E-state index is 0.0232. The molecule has 3 aromatic rings.